The summed E-state index contributed by atoms with van der Waals surface area (Å²) in [5.74, 6) is 0.0625. The van der Waals surface area contributed by atoms with E-state index >= 15 is 0 Å². The highest BCUT2D eigenvalue weighted by Gasteiger charge is 2.12. The number of fused-ring (bicyclic) bond motifs is 1. The van der Waals surface area contributed by atoms with E-state index in [-0.39, 0.29) is 18.7 Å². The van der Waals surface area contributed by atoms with Crippen LogP contribution in [0.5, 0.6) is 0 Å². The van der Waals surface area contributed by atoms with E-state index in [1.54, 1.807) is 49.4 Å². The third kappa shape index (κ3) is 3.16. The van der Waals surface area contributed by atoms with Crippen molar-refractivity contribution in [3.05, 3.63) is 75.3 Å². The van der Waals surface area contributed by atoms with Gasteiger partial charge in [0.2, 0.25) is 0 Å². The number of carbonyl (C=O) groups is 1. The smallest absolute Gasteiger partial charge is 0.339 e. The van der Waals surface area contributed by atoms with E-state index in [1.165, 1.54) is 4.57 Å². The summed E-state index contributed by atoms with van der Waals surface area (Å²) in [4.78, 5) is 28.9. The van der Waals surface area contributed by atoms with Gasteiger partial charge in [0.1, 0.15) is 12.4 Å². The fourth-order valence-corrected chi connectivity index (χ4v) is 2.69. The van der Waals surface area contributed by atoms with Gasteiger partial charge in [-0.15, -0.1) is 0 Å². The zero-order valence-electron chi connectivity index (χ0n) is 13.0. The average Bonchev–Trinajstić information content (AvgIpc) is 2.58. The average molecular weight is 343 g/mol. The lowest BCUT2D eigenvalue weighted by Crippen LogP contribution is -2.26. The van der Waals surface area contributed by atoms with E-state index in [0.717, 1.165) is 0 Å². The van der Waals surface area contributed by atoms with Crippen LogP contribution in [0, 0.1) is 6.92 Å². The normalized spacial score (nSPS) is 10.8. The molecule has 0 radical (unpaired) electrons. The number of aryl methyl sites for hydroxylation is 1. The second-order valence-corrected chi connectivity index (χ2v) is 5.66. The quantitative estimate of drug-likeness (QED) is 0.683. The molecule has 5 nitrogen and oxygen atoms in total. The van der Waals surface area contributed by atoms with Crippen LogP contribution in [0.2, 0.25) is 5.02 Å². The van der Waals surface area contributed by atoms with Crippen molar-refractivity contribution in [3.63, 3.8) is 0 Å². The molecule has 0 aliphatic rings. The van der Waals surface area contributed by atoms with E-state index in [1.807, 2.05) is 6.07 Å². The number of halogens is 1. The van der Waals surface area contributed by atoms with Crippen molar-refractivity contribution < 1.29 is 9.53 Å². The molecule has 0 spiro atoms. The summed E-state index contributed by atoms with van der Waals surface area (Å²) in [5.41, 5.74) is 0.816. The lowest BCUT2D eigenvalue weighted by Gasteiger charge is -2.11. The van der Waals surface area contributed by atoms with Gasteiger partial charge in [0, 0.05) is 0 Å². The second-order valence-electron chi connectivity index (χ2n) is 5.25. The highest BCUT2D eigenvalue weighted by molar-refractivity contribution is 6.33. The van der Waals surface area contributed by atoms with Crippen LogP contribution in [0.1, 0.15) is 16.2 Å². The summed E-state index contributed by atoms with van der Waals surface area (Å²) < 4.78 is 6.73. The molecule has 0 aliphatic carbocycles. The zero-order chi connectivity index (χ0) is 17.1. The van der Waals surface area contributed by atoms with Crippen LogP contribution in [-0.2, 0) is 11.3 Å². The molecular formula is C18H15ClN2O3. The number of rotatable bonds is 4. The molecule has 0 bridgehead atoms. The number of ether oxygens (including phenoxy) is 1. The fraction of sp³-hybridized carbons (Fsp3) is 0.167. The van der Waals surface area contributed by atoms with Gasteiger partial charge in [0.15, 0.2) is 0 Å². The number of hydrogen-bond donors (Lipinski definition) is 0. The largest absolute Gasteiger partial charge is 0.460 e. The van der Waals surface area contributed by atoms with E-state index < -0.39 is 5.97 Å². The standard InChI is InChI=1S/C18H15ClN2O3/c1-12-20-16-9-5-3-7-14(16)17(22)21(12)10-11-24-18(23)13-6-2-4-8-15(13)19/h2-9H,10-11H2,1H3. The summed E-state index contributed by atoms with van der Waals surface area (Å²) in [5, 5.41) is 0.878. The fourth-order valence-electron chi connectivity index (χ4n) is 2.48. The molecule has 2 aromatic carbocycles. The minimum atomic E-state index is -0.514. The molecule has 0 saturated heterocycles. The van der Waals surface area contributed by atoms with Gasteiger partial charge in [-0.3, -0.25) is 9.36 Å². The lowest BCUT2D eigenvalue weighted by atomic mass is 10.2. The first kappa shape index (κ1) is 16.2. The third-order valence-corrected chi connectivity index (χ3v) is 4.02. The first-order chi connectivity index (χ1) is 11.6. The Morgan fingerprint density at radius 3 is 2.67 bits per heavy atom. The highest BCUT2D eigenvalue weighted by atomic mass is 35.5. The Labute approximate surface area is 143 Å². The summed E-state index contributed by atoms with van der Waals surface area (Å²) in [7, 11) is 0. The molecule has 0 saturated carbocycles. The van der Waals surface area contributed by atoms with Crippen molar-refractivity contribution in [2.45, 2.75) is 13.5 Å². The van der Waals surface area contributed by atoms with Crippen molar-refractivity contribution in [1.29, 1.82) is 0 Å². The number of nitrogens with zero attached hydrogens (tertiary/aromatic N) is 2. The van der Waals surface area contributed by atoms with Crippen molar-refractivity contribution in [2.24, 2.45) is 0 Å². The van der Waals surface area contributed by atoms with Crippen LogP contribution in [0.4, 0.5) is 0 Å². The van der Waals surface area contributed by atoms with Gasteiger partial charge >= 0.3 is 5.97 Å². The van der Waals surface area contributed by atoms with E-state index in [9.17, 15) is 9.59 Å². The van der Waals surface area contributed by atoms with E-state index in [2.05, 4.69) is 4.98 Å². The Hall–Kier alpha value is -2.66. The molecule has 122 valence electrons. The summed E-state index contributed by atoms with van der Waals surface area (Å²) in [6.45, 7) is 2.05. The Kier molecular flexibility index (Phi) is 4.62. The minimum absolute atomic E-state index is 0.0603. The Morgan fingerprint density at radius 2 is 1.88 bits per heavy atom. The van der Waals surface area contributed by atoms with Crippen LogP contribution in [-0.4, -0.2) is 22.1 Å². The van der Waals surface area contributed by atoms with Gasteiger partial charge in [-0.2, -0.15) is 0 Å². The van der Waals surface area contributed by atoms with E-state index in [0.29, 0.717) is 27.3 Å². The molecule has 24 heavy (non-hydrogen) atoms. The predicted octanol–water partition coefficient (Wildman–Crippen LogP) is 3.22. The molecule has 3 rings (SSSR count). The second kappa shape index (κ2) is 6.84. The lowest BCUT2D eigenvalue weighted by molar-refractivity contribution is 0.0489. The van der Waals surface area contributed by atoms with Gasteiger partial charge < -0.3 is 4.74 Å². The number of para-hydroxylation sites is 1. The van der Waals surface area contributed by atoms with Gasteiger partial charge in [-0.05, 0) is 31.2 Å². The third-order valence-electron chi connectivity index (χ3n) is 3.69. The number of aromatic nitrogens is 2. The topological polar surface area (TPSA) is 61.2 Å². The number of carbonyl (C=O) groups excluding carboxylic acids is 1. The predicted molar refractivity (Wildman–Crippen MR) is 92.5 cm³/mol. The zero-order valence-corrected chi connectivity index (χ0v) is 13.8. The number of hydrogen-bond acceptors (Lipinski definition) is 4. The first-order valence-electron chi connectivity index (χ1n) is 7.46. The van der Waals surface area contributed by atoms with Gasteiger partial charge in [0.05, 0.1) is 28.0 Å². The molecule has 0 fully saturated rings. The van der Waals surface area contributed by atoms with Crippen molar-refractivity contribution >= 4 is 28.5 Å². The van der Waals surface area contributed by atoms with Crippen molar-refractivity contribution in [2.75, 3.05) is 6.61 Å². The number of esters is 1. The molecule has 0 N–H and O–H groups in total. The van der Waals surface area contributed by atoms with Crippen LogP contribution < -0.4 is 5.56 Å². The maximum atomic E-state index is 12.5. The molecule has 0 amide bonds. The first-order valence-corrected chi connectivity index (χ1v) is 7.83. The van der Waals surface area contributed by atoms with E-state index in [4.69, 9.17) is 16.3 Å². The summed E-state index contributed by atoms with van der Waals surface area (Å²) in [6.07, 6.45) is 0. The monoisotopic (exact) mass is 342 g/mol. The molecule has 1 aromatic heterocycles. The van der Waals surface area contributed by atoms with Gasteiger partial charge in [-0.25, -0.2) is 9.78 Å². The van der Waals surface area contributed by atoms with Crippen LogP contribution >= 0.6 is 11.6 Å². The van der Waals surface area contributed by atoms with Crippen molar-refractivity contribution in [3.8, 4) is 0 Å². The maximum Gasteiger partial charge on any atom is 0.339 e. The molecular weight excluding hydrogens is 328 g/mol. The molecule has 6 heteroatoms. The van der Waals surface area contributed by atoms with Crippen LogP contribution in [0.3, 0.4) is 0 Å². The van der Waals surface area contributed by atoms with Crippen molar-refractivity contribution in [1.82, 2.24) is 9.55 Å². The molecule has 0 atom stereocenters. The van der Waals surface area contributed by atoms with Gasteiger partial charge in [0.25, 0.3) is 5.56 Å². The van der Waals surface area contributed by atoms with Crippen LogP contribution in [0.15, 0.2) is 53.3 Å². The highest BCUT2D eigenvalue weighted by Crippen LogP contribution is 2.15. The number of benzene rings is 2. The summed E-state index contributed by atoms with van der Waals surface area (Å²) in [6, 6.07) is 13.8. The molecule has 0 aliphatic heterocycles. The molecule has 0 unspecified atom stereocenters. The molecule has 1 heterocycles. The molecule has 3 aromatic rings. The SMILES string of the molecule is Cc1nc2ccccc2c(=O)n1CCOC(=O)c1ccccc1Cl. The Bertz CT molecular complexity index is 966. The minimum Gasteiger partial charge on any atom is -0.460 e. The summed E-state index contributed by atoms with van der Waals surface area (Å²) >= 11 is 5.96. The maximum absolute atomic E-state index is 12.5. The van der Waals surface area contributed by atoms with Gasteiger partial charge in [-0.1, -0.05) is 35.9 Å². The van der Waals surface area contributed by atoms with Crippen LogP contribution in [0.25, 0.3) is 10.9 Å². The Balaban J connectivity index is 1.76. The Morgan fingerprint density at radius 1 is 1.17 bits per heavy atom.